The highest BCUT2D eigenvalue weighted by Gasteiger charge is 2.50. The number of piperidine rings is 1. The molecule has 0 radical (unpaired) electrons. The minimum atomic E-state index is -4.64. The Morgan fingerprint density at radius 3 is 2.32 bits per heavy atom. The van der Waals surface area contributed by atoms with Gasteiger partial charge in [0.2, 0.25) is 0 Å². The summed E-state index contributed by atoms with van der Waals surface area (Å²) in [6.07, 6.45) is -3.79. The Morgan fingerprint density at radius 1 is 1.11 bits per heavy atom. The lowest BCUT2D eigenvalue weighted by atomic mass is 9.90. The van der Waals surface area contributed by atoms with E-state index in [1.807, 2.05) is 4.90 Å². The van der Waals surface area contributed by atoms with Gasteiger partial charge in [-0.25, -0.2) is 4.39 Å². The van der Waals surface area contributed by atoms with Crippen LogP contribution in [0.25, 0.3) is 0 Å². The zero-order chi connectivity index (χ0) is 26.7. The molecular formula is C26H29F4N3O4. The van der Waals surface area contributed by atoms with E-state index < -0.39 is 36.2 Å². The van der Waals surface area contributed by atoms with Crippen LogP contribution in [0.15, 0.2) is 47.6 Å². The molecule has 2 aliphatic heterocycles. The number of alkyl halides is 3. The number of carboxylic acid groups (broad SMARTS) is 1. The Bertz CT molecular complexity index is 1130. The SMILES string of the molecule is CC[C@@H]1C(C(F)(F)F)=NN(c2ccc(OC3CCN(c4cc(OC)ccc4F)CC3)cc2)[C@H]1CC(=O)O. The number of ether oxygens (including phenoxy) is 2. The predicted octanol–water partition coefficient (Wildman–Crippen LogP) is 5.49. The summed E-state index contributed by atoms with van der Waals surface area (Å²) >= 11 is 0. The van der Waals surface area contributed by atoms with Crippen LogP contribution in [-0.2, 0) is 4.79 Å². The Kier molecular flexibility index (Phi) is 7.79. The number of anilines is 2. The van der Waals surface area contributed by atoms with Crippen molar-refractivity contribution in [1.82, 2.24) is 0 Å². The molecule has 200 valence electrons. The van der Waals surface area contributed by atoms with Crippen molar-refractivity contribution >= 4 is 23.1 Å². The van der Waals surface area contributed by atoms with Gasteiger partial charge in [0.05, 0.1) is 30.9 Å². The zero-order valence-corrected chi connectivity index (χ0v) is 20.5. The van der Waals surface area contributed by atoms with Crippen LogP contribution in [-0.4, -0.2) is 55.3 Å². The van der Waals surface area contributed by atoms with Gasteiger partial charge < -0.3 is 19.5 Å². The highest BCUT2D eigenvalue weighted by molar-refractivity contribution is 5.96. The standard InChI is InChI=1S/C26H29F4N3O4/c1-3-20-22(15-24(34)35)33(31-25(20)26(28,29)30)16-4-6-17(7-5-16)37-18-10-12-32(13-11-18)23-14-19(36-2)8-9-21(23)27/h4-9,14,18,20,22H,3,10-13,15H2,1-2H3,(H,34,35)/t20-,22-/m0/s1. The molecule has 0 aromatic heterocycles. The molecule has 0 unspecified atom stereocenters. The molecule has 7 nitrogen and oxygen atoms in total. The lowest BCUT2D eigenvalue weighted by Crippen LogP contribution is -2.38. The summed E-state index contributed by atoms with van der Waals surface area (Å²) in [7, 11) is 1.53. The third-order valence-electron chi connectivity index (χ3n) is 6.80. The van der Waals surface area contributed by atoms with Gasteiger partial charge in [-0.1, -0.05) is 6.92 Å². The minimum absolute atomic E-state index is 0.110. The molecule has 0 amide bonds. The Labute approximate surface area is 212 Å². The number of hydrogen-bond donors (Lipinski definition) is 1. The largest absolute Gasteiger partial charge is 0.497 e. The summed E-state index contributed by atoms with van der Waals surface area (Å²) in [6.45, 7) is 2.77. The van der Waals surface area contributed by atoms with Crippen LogP contribution < -0.4 is 19.4 Å². The number of carboxylic acids is 1. The molecule has 2 aromatic rings. The number of carbonyl (C=O) groups is 1. The van der Waals surface area contributed by atoms with E-state index in [0.717, 1.165) is 5.01 Å². The summed E-state index contributed by atoms with van der Waals surface area (Å²) in [6, 6.07) is 10.1. The van der Waals surface area contributed by atoms with Crippen molar-refractivity contribution in [3.8, 4) is 11.5 Å². The van der Waals surface area contributed by atoms with Gasteiger partial charge in [0.1, 0.15) is 29.1 Å². The average Bonchev–Trinajstić information content (AvgIpc) is 3.23. The third kappa shape index (κ3) is 5.91. The first-order valence-electron chi connectivity index (χ1n) is 12.1. The van der Waals surface area contributed by atoms with Crippen molar-refractivity contribution in [3.05, 3.63) is 48.3 Å². The van der Waals surface area contributed by atoms with E-state index in [1.165, 1.54) is 13.2 Å². The first-order valence-corrected chi connectivity index (χ1v) is 12.1. The minimum Gasteiger partial charge on any atom is -0.497 e. The number of aliphatic carboxylic acids is 1. The van der Waals surface area contributed by atoms with Crippen LogP contribution >= 0.6 is 0 Å². The maximum atomic E-state index is 14.3. The summed E-state index contributed by atoms with van der Waals surface area (Å²) in [5.41, 5.74) is -0.117. The van der Waals surface area contributed by atoms with E-state index in [2.05, 4.69) is 5.10 Å². The summed E-state index contributed by atoms with van der Waals surface area (Å²) < 4.78 is 66.2. The molecular weight excluding hydrogens is 494 g/mol. The monoisotopic (exact) mass is 523 g/mol. The molecule has 4 rings (SSSR count). The van der Waals surface area contributed by atoms with Gasteiger partial charge in [0.15, 0.2) is 0 Å². The lowest BCUT2D eigenvalue weighted by Gasteiger charge is -2.34. The van der Waals surface area contributed by atoms with E-state index in [1.54, 1.807) is 43.3 Å². The van der Waals surface area contributed by atoms with E-state index in [-0.39, 0.29) is 18.3 Å². The Balaban J connectivity index is 1.42. The average molecular weight is 524 g/mol. The van der Waals surface area contributed by atoms with Crippen LogP contribution in [0, 0.1) is 11.7 Å². The number of rotatable bonds is 8. The molecule has 2 atom stereocenters. The van der Waals surface area contributed by atoms with Gasteiger partial charge in [0.25, 0.3) is 0 Å². The molecule has 0 saturated carbocycles. The maximum Gasteiger partial charge on any atom is 0.431 e. The summed E-state index contributed by atoms with van der Waals surface area (Å²) in [5, 5.41) is 14.2. The number of hydrazone groups is 1. The van der Waals surface area contributed by atoms with Crippen LogP contribution in [0.5, 0.6) is 11.5 Å². The number of methoxy groups -OCH3 is 1. The molecule has 2 aliphatic rings. The second-order valence-corrected chi connectivity index (χ2v) is 9.12. The Hall–Kier alpha value is -3.50. The van der Waals surface area contributed by atoms with Crippen molar-refractivity contribution < 1.29 is 36.9 Å². The summed E-state index contributed by atoms with van der Waals surface area (Å²) in [5.74, 6) is -1.43. The summed E-state index contributed by atoms with van der Waals surface area (Å²) in [4.78, 5) is 13.3. The topological polar surface area (TPSA) is 74.6 Å². The molecule has 11 heteroatoms. The second kappa shape index (κ2) is 10.9. The van der Waals surface area contributed by atoms with Gasteiger partial charge >= 0.3 is 12.1 Å². The Morgan fingerprint density at radius 2 is 1.76 bits per heavy atom. The molecule has 2 aromatic carbocycles. The first kappa shape index (κ1) is 26.6. The fourth-order valence-electron chi connectivity index (χ4n) is 4.95. The van der Waals surface area contributed by atoms with Gasteiger partial charge in [0, 0.05) is 37.9 Å². The van der Waals surface area contributed by atoms with E-state index in [9.17, 15) is 27.5 Å². The molecule has 0 bridgehead atoms. The van der Waals surface area contributed by atoms with E-state index in [4.69, 9.17) is 9.47 Å². The second-order valence-electron chi connectivity index (χ2n) is 9.12. The maximum absolute atomic E-state index is 14.3. The number of halogens is 4. The van der Waals surface area contributed by atoms with Crippen LogP contribution in [0.4, 0.5) is 28.9 Å². The van der Waals surface area contributed by atoms with Crippen LogP contribution in [0.2, 0.25) is 0 Å². The highest BCUT2D eigenvalue weighted by Crippen LogP contribution is 2.38. The number of benzene rings is 2. The highest BCUT2D eigenvalue weighted by atomic mass is 19.4. The van der Waals surface area contributed by atoms with Gasteiger partial charge in [-0.2, -0.15) is 18.3 Å². The predicted molar refractivity (Wildman–Crippen MR) is 131 cm³/mol. The molecule has 1 fully saturated rings. The number of hydrogen-bond acceptors (Lipinski definition) is 6. The van der Waals surface area contributed by atoms with Crippen molar-refractivity contribution in [2.45, 2.75) is 50.9 Å². The van der Waals surface area contributed by atoms with Crippen LogP contribution in [0.1, 0.15) is 32.6 Å². The van der Waals surface area contributed by atoms with Crippen molar-refractivity contribution in [2.75, 3.05) is 30.1 Å². The molecule has 37 heavy (non-hydrogen) atoms. The number of nitrogens with zero attached hydrogens (tertiary/aromatic N) is 3. The normalized spacial score (nSPS) is 20.6. The first-order chi connectivity index (χ1) is 17.6. The van der Waals surface area contributed by atoms with Crippen LogP contribution in [0.3, 0.4) is 0 Å². The fourth-order valence-corrected chi connectivity index (χ4v) is 4.95. The molecule has 2 heterocycles. The smallest absolute Gasteiger partial charge is 0.431 e. The van der Waals surface area contributed by atoms with Crippen molar-refractivity contribution in [2.24, 2.45) is 11.0 Å². The van der Waals surface area contributed by atoms with Gasteiger partial charge in [-0.05, 0) is 42.8 Å². The van der Waals surface area contributed by atoms with E-state index >= 15 is 0 Å². The molecule has 0 aliphatic carbocycles. The molecule has 0 spiro atoms. The molecule has 1 saturated heterocycles. The quantitative estimate of drug-likeness (QED) is 0.462. The molecule has 1 N–H and O–H groups in total. The fraction of sp³-hybridized carbons (Fsp3) is 0.462. The van der Waals surface area contributed by atoms with Gasteiger partial charge in [-0.3, -0.25) is 9.80 Å². The van der Waals surface area contributed by atoms with Crippen molar-refractivity contribution in [3.63, 3.8) is 0 Å². The van der Waals surface area contributed by atoms with Gasteiger partial charge in [-0.15, -0.1) is 0 Å². The zero-order valence-electron chi connectivity index (χ0n) is 20.5. The third-order valence-corrected chi connectivity index (χ3v) is 6.80. The lowest BCUT2D eigenvalue weighted by molar-refractivity contribution is -0.137. The van der Waals surface area contributed by atoms with Crippen molar-refractivity contribution in [1.29, 1.82) is 0 Å². The van der Waals surface area contributed by atoms with E-state index in [0.29, 0.717) is 48.8 Å².